The van der Waals surface area contributed by atoms with Gasteiger partial charge in [0.2, 0.25) is 0 Å². The number of hydrogen-bond donors (Lipinski definition) is 2. The van der Waals surface area contributed by atoms with Gasteiger partial charge in [0.25, 0.3) is 0 Å². The van der Waals surface area contributed by atoms with E-state index in [2.05, 4.69) is 88.2 Å². The fourth-order valence-corrected chi connectivity index (χ4v) is 3.77. The van der Waals surface area contributed by atoms with E-state index in [1.807, 2.05) is 6.20 Å². The van der Waals surface area contributed by atoms with Gasteiger partial charge in [0.05, 0.1) is 6.54 Å². The molecule has 0 aliphatic carbocycles. The fourth-order valence-electron chi connectivity index (χ4n) is 2.97. The second kappa shape index (κ2) is 11.8. The molecule has 0 atom stereocenters. The van der Waals surface area contributed by atoms with Crippen LogP contribution in [0.1, 0.15) is 33.9 Å². The zero-order chi connectivity index (χ0) is 18.9. The van der Waals surface area contributed by atoms with E-state index in [9.17, 15) is 0 Å². The number of benzene rings is 2. The summed E-state index contributed by atoms with van der Waals surface area (Å²) in [5.41, 5.74) is 2.58. The lowest BCUT2D eigenvalue weighted by atomic mass is 9.91. The van der Waals surface area contributed by atoms with Gasteiger partial charge in [-0.3, -0.25) is 4.99 Å². The highest BCUT2D eigenvalue weighted by atomic mass is 127. The van der Waals surface area contributed by atoms with Gasteiger partial charge in [-0.05, 0) is 17.5 Å². The van der Waals surface area contributed by atoms with E-state index < -0.39 is 0 Å². The maximum atomic E-state index is 4.46. The molecule has 0 spiro atoms. The number of rotatable bonds is 7. The van der Waals surface area contributed by atoms with Gasteiger partial charge in [-0.2, -0.15) is 0 Å². The molecule has 28 heavy (non-hydrogen) atoms. The summed E-state index contributed by atoms with van der Waals surface area (Å²) in [7, 11) is 1.80. The van der Waals surface area contributed by atoms with E-state index in [1.165, 1.54) is 16.0 Å². The van der Waals surface area contributed by atoms with Gasteiger partial charge in [0.1, 0.15) is 5.01 Å². The minimum absolute atomic E-state index is 0. The maximum absolute atomic E-state index is 4.46. The van der Waals surface area contributed by atoms with Crippen LogP contribution in [0, 0.1) is 0 Å². The molecule has 4 nitrogen and oxygen atoms in total. The van der Waals surface area contributed by atoms with Gasteiger partial charge in [-0.1, -0.05) is 67.6 Å². The van der Waals surface area contributed by atoms with E-state index in [4.69, 9.17) is 0 Å². The van der Waals surface area contributed by atoms with Crippen LogP contribution >= 0.6 is 35.3 Å². The molecule has 0 amide bonds. The third-order valence-electron chi connectivity index (χ3n) is 4.46. The molecule has 2 aromatic carbocycles. The minimum atomic E-state index is 0. The number of aryl methyl sites for hydroxylation is 1. The number of hydrogen-bond acceptors (Lipinski definition) is 3. The number of thiazole rings is 1. The van der Waals surface area contributed by atoms with E-state index in [1.54, 1.807) is 18.4 Å². The SMILES string of the molecule is CCc1cnc(CNC(=NC)NCC(c2ccccc2)c2ccccc2)s1.I. The molecule has 0 radical (unpaired) electrons. The molecule has 3 rings (SSSR count). The first-order chi connectivity index (χ1) is 13.3. The van der Waals surface area contributed by atoms with Crippen molar-refractivity contribution in [2.75, 3.05) is 13.6 Å². The van der Waals surface area contributed by atoms with Gasteiger partial charge in [0.15, 0.2) is 5.96 Å². The van der Waals surface area contributed by atoms with E-state index in [0.29, 0.717) is 6.54 Å². The summed E-state index contributed by atoms with van der Waals surface area (Å²) in [5.74, 6) is 1.05. The van der Waals surface area contributed by atoms with Crippen LogP contribution in [0.15, 0.2) is 71.9 Å². The van der Waals surface area contributed by atoms with Crippen LogP contribution < -0.4 is 10.6 Å². The van der Waals surface area contributed by atoms with Crippen molar-refractivity contribution in [2.45, 2.75) is 25.8 Å². The fraction of sp³-hybridized carbons (Fsp3) is 0.273. The van der Waals surface area contributed by atoms with Gasteiger partial charge in [0, 0.05) is 30.6 Å². The van der Waals surface area contributed by atoms with E-state index in [0.717, 1.165) is 23.9 Å². The Morgan fingerprint density at radius 1 is 1.00 bits per heavy atom. The monoisotopic (exact) mass is 506 g/mol. The third-order valence-corrected chi connectivity index (χ3v) is 5.60. The molecule has 0 fully saturated rings. The normalized spacial score (nSPS) is 11.2. The molecule has 0 bridgehead atoms. The van der Waals surface area contributed by atoms with Gasteiger partial charge < -0.3 is 10.6 Å². The first-order valence-corrected chi connectivity index (χ1v) is 10.1. The van der Waals surface area contributed by atoms with Crippen LogP contribution in [0.2, 0.25) is 0 Å². The molecule has 3 aromatic rings. The summed E-state index contributed by atoms with van der Waals surface area (Å²) < 4.78 is 0. The van der Waals surface area contributed by atoms with Crippen molar-refractivity contribution < 1.29 is 0 Å². The molecule has 2 N–H and O–H groups in total. The van der Waals surface area contributed by atoms with Gasteiger partial charge in [-0.15, -0.1) is 35.3 Å². The number of halogens is 1. The molecule has 6 heteroatoms. The predicted octanol–water partition coefficient (Wildman–Crippen LogP) is 4.82. The number of nitrogens with one attached hydrogen (secondary N) is 2. The van der Waals surface area contributed by atoms with Crippen molar-refractivity contribution in [1.82, 2.24) is 15.6 Å². The Kier molecular flexibility index (Phi) is 9.43. The van der Waals surface area contributed by atoms with E-state index >= 15 is 0 Å². The lowest BCUT2D eigenvalue weighted by Gasteiger charge is -2.20. The Balaban J connectivity index is 0.00000280. The summed E-state index contributed by atoms with van der Waals surface area (Å²) in [6.07, 6.45) is 2.99. The Morgan fingerprint density at radius 2 is 1.61 bits per heavy atom. The average molecular weight is 506 g/mol. The molecular formula is C22H27IN4S. The molecule has 0 aliphatic rings. The Morgan fingerprint density at radius 3 is 2.11 bits per heavy atom. The second-order valence-electron chi connectivity index (χ2n) is 6.25. The lowest BCUT2D eigenvalue weighted by Crippen LogP contribution is -2.39. The highest BCUT2D eigenvalue weighted by Crippen LogP contribution is 2.23. The van der Waals surface area contributed by atoms with E-state index in [-0.39, 0.29) is 29.9 Å². The largest absolute Gasteiger partial charge is 0.355 e. The molecule has 0 aliphatic heterocycles. The number of guanidine groups is 1. The Hall–Kier alpha value is -1.93. The minimum Gasteiger partial charge on any atom is -0.355 e. The highest BCUT2D eigenvalue weighted by Gasteiger charge is 2.14. The maximum Gasteiger partial charge on any atom is 0.191 e. The first-order valence-electron chi connectivity index (χ1n) is 9.28. The summed E-state index contributed by atoms with van der Waals surface area (Å²) >= 11 is 1.75. The summed E-state index contributed by atoms with van der Waals surface area (Å²) in [4.78, 5) is 10.1. The predicted molar refractivity (Wildman–Crippen MR) is 130 cm³/mol. The smallest absolute Gasteiger partial charge is 0.191 e. The Bertz CT molecular complexity index is 810. The lowest BCUT2D eigenvalue weighted by molar-refractivity contribution is 0.727. The molecule has 0 saturated carbocycles. The van der Waals surface area contributed by atoms with Gasteiger partial charge >= 0.3 is 0 Å². The van der Waals surface area contributed by atoms with Crippen LogP contribution in [0.25, 0.3) is 0 Å². The van der Waals surface area contributed by atoms with Crippen molar-refractivity contribution in [1.29, 1.82) is 0 Å². The van der Waals surface area contributed by atoms with Crippen molar-refractivity contribution in [2.24, 2.45) is 4.99 Å². The molecule has 1 heterocycles. The van der Waals surface area contributed by atoms with Crippen LogP contribution in [0.4, 0.5) is 0 Å². The first kappa shape index (κ1) is 22.4. The highest BCUT2D eigenvalue weighted by molar-refractivity contribution is 14.0. The Labute approximate surface area is 188 Å². The van der Waals surface area contributed by atoms with Crippen molar-refractivity contribution in [3.05, 3.63) is 87.9 Å². The quantitative estimate of drug-likeness (QED) is 0.275. The molecule has 1 aromatic heterocycles. The molecule has 0 unspecified atom stereocenters. The molecular weight excluding hydrogens is 479 g/mol. The number of nitrogens with zero attached hydrogens (tertiary/aromatic N) is 2. The average Bonchev–Trinajstić information content (AvgIpc) is 3.20. The van der Waals surface area contributed by atoms with Crippen LogP contribution in [-0.2, 0) is 13.0 Å². The summed E-state index contributed by atoms with van der Waals surface area (Å²) in [6.45, 7) is 3.61. The number of aliphatic imine (C=N–C) groups is 1. The van der Waals surface area contributed by atoms with Gasteiger partial charge in [-0.25, -0.2) is 4.98 Å². The number of aromatic nitrogens is 1. The second-order valence-corrected chi connectivity index (χ2v) is 7.45. The summed E-state index contributed by atoms with van der Waals surface area (Å²) in [6, 6.07) is 21.2. The molecule has 0 saturated heterocycles. The van der Waals surface area contributed by atoms with Crippen LogP contribution in [-0.4, -0.2) is 24.5 Å². The van der Waals surface area contributed by atoms with Crippen molar-refractivity contribution in [3.63, 3.8) is 0 Å². The molecule has 148 valence electrons. The zero-order valence-corrected chi connectivity index (χ0v) is 19.4. The van der Waals surface area contributed by atoms with Crippen LogP contribution in [0.5, 0.6) is 0 Å². The zero-order valence-electron chi connectivity index (χ0n) is 16.3. The van der Waals surface area contributed by atoms with Crippen molar-refractivity contribution >= 4 is 41.3 Å². The topological polar surface area (TPSA) is 49.3 Å². The third kappa shape index (κ3) is 6.31. The van der Waals surface area contributed by atoms with Crippen LogP contribution in [0.3, 0.4) is 0 Å². The summed E-state index contributed by atoms with van der Waals surface area (Å²) in [5, 5.41) is 7.92. The van der Waals surface area contributed by atoms with Crippen molar-refractivity contribution in [3.8, 4) is 0 Å². The standard InChI is InChI=1S/C22H26N4S.HI/c1-3-19-14-24-21(27-19)16-26-22(23-2)25-15-20(17-10-6-4-7-11-17)18-12-8-5-9-13-18;/h4-14,20H,3,15-16H2,1-2H3,(H2,23,25,26);1H.